The fourth-order valence-electron chi connectivity index (χ4n) is 1.95. The zero-order valence-electron chi connectivity index (χ0n) is 12.3. The molecule has 0 aliphatic rings. The van der Waals surface area contributed by atoms with E-state index in [4.69, 9.17) is 4.74 Å². The van der Waals surface area contributed by atoms with Crippen LogP contribution in [0.1, 0.15) is 18.1 Å². The summed E-state index contributed by atoms with van der Waals surface area (Å²) >= 11 is 0. The van der Waals surface area contributed by atoms with Gasteiger partial charge in [-0.1, -0.05) is 19.1 Å². The molecule has 0 atom stereocenters. The summed E-state index contributed by atoms with van der Waals surface area (Å²) in [6, 6.07) is 10.5. The van der Waals surface area contributed by atoms with E-state index in [0.717, 1.165) is 12.1 Å². The lowest BCUT2D eigenvalue weighted by Gasteiger charge is -2.05. The topological polar surface area (TPSA) is 85.0 Å². The second kappa shape index (κ2) is 6.71. The number of methoxy groups -OCH3 is 1. The van der Waals surface area contributed by atoms with Crippen molar-refractivity contribution < 1.29 is 14.8 Å². The second-order valence-electron chi connectivity index (χ2n) is 4.63. The SMILES string of the molecule is CCc1ccc(N=Cc2cc(OC)c(O)c([N+](=O)[O-])c2)cc1. The van der Waals surface area contributed by atoms with Crippen molar-refractivity contribution in [2.45, 2.75) is 13.3 Å². The molecule has 6 heteroatoms. The van der Waals surface area contributed by atoms with Gasteiger partial charge < -0.3 is 9.84 Å². The van der Waals surface area contributed by atoms with E-state index >= 15 is 0 Å². The summed E-state index contributed by atoms with van der Waals surface area (Å²) in [6.07, 6.45) is 2.45. The summed E-state index contributed by atoms with van der Waals surface area (Å²) in [4.78, 5) is 14.5. The Balaban J connectivity index is 2.33. The zero-order chi connectivity index (χ0) is 16.1. The molecular formula is C16H16N2O4. The third-order valence-corrected chi connectivity index (χ3v) is 3.20. The monoisotopic (exact) mass is 300 g/mol. The van der Waals surface area contributed by atoms with Gasteiger partial charge in [-0.15, -0.1) is 0 Å². The average molecular weight is 300 g/mol. The van der Waals surface area contributed by atoms with Gasteiger partial charge >= 0.3 is 5.69 Å². The number of aromatic hydroxyl groups is 1. The van der Waals surface area contributed by atoms with Gasteiger partial charge in [0.2, 0.25) is 5.75 Å². The summed E-state index contributed by atoms with van der Waals surface area (Å²) in [5.41, 5.74) is 2.01. The van der Waals surface area contributed by atoms with Gasteiger partial charge in [-0.2, -0.15) is 0 Å². The highest BCUT2D eigenvalue weighted by Gasteiger charge is 2.19. The Morgan fingerprint density at radius 3 is 2.55 bits per heavy atom. The molecule has 0 saturated carbocycles. The summed E-state index contributed by atoms with van der Waals surface area (Å²) < 4.78 is 4.94. The highest BCUT2D eigenvalue weighted by molar-refractivity contribution is 5.85. The van der Waals surface area contributed by atoms with Crippen molar-refractivity contribution in [3.05, 3.63) is 57.6 Å². The standard InChI is InChI=1S/C16H16N2O4/c1-3-11-4-6-13(7-5-11)17-10-12-8-14(18(20)21)16(19)15(9-12)22-2/h4-10,19H,3H2,1-2H3. The summed E-state index contributed by atoms with van der Waals surface area (Å²) in [5.74, 6) is -0.450. The van der Waals surface area contributed by atoms with Crippen LogP contribution in [0.15, 0.2) is 41.4 Å². The highest BCUT2D eigenvalue weighted by atomic mass is 16.6. The molecule has 0 fully saturated rings. The largest absolute Gasteiger partial charge is 0.500 e. The first kappa shape index (κ1) is 15.5. The fourth-order valence-corrected chi connectivity index (χ4v) is 1.95. The number of phenols is 1. The van der Waals surface area contributed by atoms with Gasteiger partial charge in [0.15, 0.2) is 5.75 Å². The van der Waals surface area contributed by atoms with Gasteiger partial charge in [0.05, 0.1) is 17.7 Å². The molecular weight excluding hydrogens is 284 g/mol. The van der Waals surface area contributed by atoms with Crippen molar-refractivity contribution in [3.63, 3.8) is 0 Å². The van der Waals surface area contributed by atoms with E-state index in [1.54, 1.807) is 0 Å². The van der Waals surface area contributed by atoms with E-state index in [0.29, 0.717) is 5.56 Å². The minimum absolute atomic E-state index is 0.0389. The normalized spacial score (nSPS) is 10.8. The van der Waals surface area contributed by atoms with Crippen LogP contribution in [0.5, 0.6) is 11.5 Å². The number of ether oxygens (including phenoxy) is 1. The molecule has 0 unspecified atom stereocenters. The number of rotatable bonds is 5. The molecule has 6 nitrogen and oxygen atoms in total. The van der Waals surface area contributed by atoms with E-state index in [1.807, 2.05) is 24.3 Å². The van der Waals surface area contributed by atoms with Crippen molar-refractivity contribution in [1.29, 1.82) is 0 Å². The lowest BCUT2D eigenvalue weighted by atomic mass is 10.1. The average Bonchev–Trinajstić information content (AvgIpc) is 2.54. The number of nitro benzene ring substituents is 1. The van der Waals surface area contributed by atoms with Gasteiger partial charge in [-0.05, 0) is 30.2 Å². The van der Waals surface area contributed by atoms with Crippen molar-refractivity contribution in [3.8, 4) is 11.5 Å². The maximum absolute atomic E-state index is 10.9. The van der Waals surface area contributed by atoms with Gasteiger partial charge in [-0.3, -0.25) is 15.1 Å². The van der Waals surface area contributed by atoms with Crippen molar-refractivity contribution >= 4 is 17.6 Å². The van der Waals surface area contributed by atoms with Crippen LogP contribution in [0.3, 0.4) is 0 Å². The molecule has 22 heavy (non-hydrogen) atoms. The van der Waals surface area contributed by atoms with Crippen molar-refractivity contribution in [2.24, 2.45) is 4.99 Å². The molecule has 2 aromatic rings. The van der Waals surface area contributed by atoms with E-state index < -0.39 is 16.4 Å². The Kier molecular flexibility index (Phi) is 4.73. The highest BCUT2D eigenvalue weighted by Crippen LogP contribution is 2.36. The summed E-state index contributed by atoms with van der Waals surface area (Å²) in [6.45, 7) is 2.07. The Labute approximate surface area is 127 Å². The molecule has 0 spiro atoms. The molecule has 1 N–H and O–H groups in total. The first-order chi connectivity index (χ1) is 10.5. The number of hydrogen-bond acceptors (Lipinski definition) is 5. The van der Waals surface area contributed by atoms with Gasteiger partial charge in [0.1, 0.15) is 0 Å². The third kappa shape index (κ3) is 3.41. The number of benzene rings is 2. The van der Waals surface area contributed by atoms with Crippen LogP contribution in [0, 0.1) is 10.1 Å². The van der Waals surface area contributed by atoms with E-state index in [2.05, 4.69) is 11.9 Å². The van der Waals surface area contributed by atoms with Crippen LogP contribution in [0.4, 0.5) is 11.4 Å². The molecule has 0 aromatic heterocycles. The molecule has 0 saturated heterocycles. The summed E-state index contributed by atoms with van der Waals surface area (Å²) in [7, 11) is 1.34. The predicted octanol–water partition coefficient (Wildman–Crippen LogP) is 3.62. The van der Waals surface area contributed by atoms with Gasteiger partial charge in [-0.25, -0.2) is 0 Å². The first-order valence-electron chi connectivity index (χ1n) is 6.73. The molecule has 0 aliphatic carbocycles. The Morgan fingerprint density at radius 1 is 1.32 bits per heavy atom. The molecule has 0 amide bonds. The first-order valence-corrected chi connectivity index (χ1v) is 6.73. The number of aliphatic imine (C=N–C) groups is 1. The Hall–Kier alpha value is -2.89. The molecule has 2 rings (SSSR count). The van der Waals surface area contributed by atoms with Gasteiger partial charge in [0, 0.05) is 17.8 Å². The predicted molar refractivity (Wildman–Crippen MR) is 84.4 cm³/mol. The fraction of sp³-hybridized carbons (Fsp3) is 0.188. The minimum atomic E-state index is -0.661. The number of nitro groups is 1. The smallest absolute Gasteiger partial charge is 0.315 e. The van der Waals surface area contributed by atoms with Crippen LogP contribution >= 0.6 is 0 Å². The molecule has 0 heterocycles. The lowest BCUT2D eigenvalue weighted by Crippen LogP contribution is -1.94. The molecule has 114 valence electrons. The molecule has 0 bridgehead atoms. The second-order valence-corrected chi connectivity index (χ2v) is 4.63. The van der Waals surface area contributed by atoms with E-state index in [-0.39, 0.29) is 5.75 Å². The number of phenolic OH excluding ortho intramolecular Hbond substituents is 1. The van der Waals surface area contributed by atoms with Crippen LogP contribution in [0.2, 0.25) is 0 Å². The Bertz CT molecular complexity index is 709. The van der Waals surface area contributed by atoms with E-state index in [1.165, 1.54) is 31.0 Å². The maximum Gasteiger partial charge on any atom is 0.315 e. The molecule has 0 radical (unpaired) electrons. The number of nitrogens with zero attached hydrogens (tertiary/aromatic N) is 2. The molecule has 0 aliphatic heterocycles. The lowest BCUT2D eigenvalue weighted by molar-refractivity contribution is -0.386. The minimum Gasteiger partial charge on any atom is -0.500 e. The van der Waals surface area contributed by atoms with Crippen LogP contribution in [-0.4, -0.2) is 23.4 Å². The third-order valence-electron chi connectivity index (χ3n) is 3.20. The zero-order valence-corrected chi connectivity index (χ0v) is 12.3. The van der Waals surface area contributed by atoms with Crippen LogP contribution < -0.4 is 4.74 Å². The Morgan fingerprint density at radius 2 is 2.00 bits per heavy atom. The number of aryl methyl sites for hydroxylation is 1. The quantitative estimate of drug-likeness (QED) is 0.519. The van der Waals surface area contributed by atoms with Crippen LogP contribution in [0.25, 0.3) is 0 Å². The summed E-state index contributed by atoms with van der Waals surface area (Å²) in [5, 5.41) is 20.6. The number of hydrogen-bond donors (Lipinski definition) is 1. The van der Waals surface area contributed by atoms with Crippen molar-refractivity contribution in [1.82, 2.24) is 0 Å². The van der Waals surface area contributed by atoms with Gasteiger partial charge in [0.25, 0.3) is 0 Å². The maximum atomic E-state index is 10.9. The molecule has 2 aromatic carbocycles. The van der Waals surface area contributed by atoms with E-state index in [9.17, 15) is 15.2 Å². The van der Waals surface area contributed by atoms with Crippen LogP contribution in [-0.2, 0) is 6.42 Å². The van der Waals surface area contributed by atoms with Crippen molar-refractivity contribution in [2.75, 3.05) is 7.11 Å².